The van der Waals surface area contributed by atoms with Crippen LogP contribution < -0.4 is 5.32 Å². The molecule has 0 radical (unpaired) electrons. The predicted molar refractivity (Wildman–Crippen MR) is 77.5 cm³/mol. The van der Waals surface area contributed by atoms with Crippen LogP contribution in [0.15, 0.2) is 28.7 Å². The Morgan fingerprint density at radius 2 is 2.00 bits per heavy atom. The summed E-state index contributed by atoms with van der Waals surface area (Å²) in [6.07, 6.45) is 0. The van der Waals surface area contributed by atoms with E-state index in [1.165, 1.54) is 21.1 Å². The zero-order chi connectivity index (χ0) is 12.4. The van der Waals surface area contributed by atoms with Crippen LogP contribution in [0.5, 0.6) is 0 Å². The summed E-state index contributed by atoms with van der Waals surface area (Å²) in [5.74, 6) is 0. The molecule has 2 nitrogen and oxygen atoms in total. The monoisotopic (exact) mass is 294 g/mol. The first-order valence-corrected chi connectivity index (χ1v) is 6.87. The summed E-state index contributed by atoms with van der Waals surface area (Å²) in [4.78, 5) is 0. The highest BCUT2D eigenvalue weighted by atomic mass is 79.9. The maximum absolute atomic E-state index is 3.68. The van der Waals surface area contributed by atoms with E-state index in [0.29, 0.717) is 6.04 Å². The van der Waals surface area contributed by atoms with Crippen LogP contribution in [0.1, 0.15) is 19.5 Å². The summed E-state index contributed by atoms with van der Waals surface area (Å²) in [5.41, 5.74) is 2.61. The molecule has 0 aliphatic carbocycles. The van der Waals surface area contributed by atoms with E-state index in [2.05, 4.69) is 70.9 Å². The lowest BCUT2D eigenvalue weighted by Crippen LogP contribution is -2.26. The van der Waals surface area contributed by atoms with Gasteiger partial charge in [0.2, 0.25) is 0 Å². The van der Waals surface area contributed by atoms with E-state index in [-0.39, 0.29) is 0 Å². The van der Waals surface area contributed by atoms with Gasteiger partial charge in [0.15, 0.2) is 0 Å². The number of benzene rings is 1. The van der Waals surface area contributed by atoms with Crippen molar-refractivity contribution in [3.63, 3.8) is 0 Å². The molecule has 0 saturated heterocycles. The molecular weight excluding hydrogens is 276 g/mol. The third-order valence-corrected chi connectivity index (χ3v) is 4.04. The maximum Gasteiger partial charge on any atom is 0.0494 e. The van der Waals surface area contributed by atoms with Crippen molar-refractivity contribution in [2.24, 2.45) is 0 Å². The first-order valence-electron chi connectivity index (χ1n) is 6.08. The molecule has 1 N–H and O–H groups in total. The molecule has 0 atom stereocenters. The number of para-hydroxylation sites is 1. The molecule has 2 rings (SSSR count). The molecule has 17 heavy (non-hydrogen) atoms. The Labute approximate surface area is 111 Å². The second kappa shape index (κ2) is 5.23. The summed E-state index contributed by atoms with van der Waals surface area (Å²) >= 11 is 3.68. The minimum absolute atomic E-state index is 0.542. The zero-order valence-electron chi connectivity index (χ0n) is 10.6. The fourth-order valence-electron chi connectivity index (χ4n) is 2.14. The van der Waals surface area contributed by atoms with E-state index >= 15 is 0 Å². The molecule has 0 aliphatic heterocycles. The van der Waals surface area contributed by atoms with Crippen LogP contribution in [-0.4, -0.2) is 17.2 Å². The fraction of sp³-hybridized carbons (Fsp3) is 0.429. The lowest BCUT2D eigenvalue weighted by Gasteiger charge is -2.11. The number of hydrogen-bond acceptors (Lipinski definition) is 1. The van der Waals surface area contributed by atoms with Crippen LogP contribution in [0.2, 0.25) is 0 Å². The zero-order valence-corrected chi connectivity index (χ0v) is 12.2. The van der Waals surface area contributed by atoms with E-state index in [0.717, 1.165) is 13.1 Å². The molecule has 2 aromatic rings. The van der Waals surface area contributed by atoms with Gasteiger partial charge in [-0.05, 0) is 28.9 Å². The van der Waals surface area contributed by atoms with Crippen LogP contribution in [0, 0.1) is 6.92 Å². The molecule has 92 valence electrons. The highest BCUT2D eigenvalue weighted by Gasteiger charge is 2.10. The quantitative estimate of drug-likeness (QED) is 0.910. The normalized spacial score (nSPS) is 11.6. The van der Waals surface area contributed by atoms with E-state index in [4.69, 9.17) is 0 Å². The molecule has 0 bridgehead atoms. The van der Waals surface area contributed by atoms with Crippen molar-refractivity contribution < 1.29 is 0 Å². The predicted octanol–water partition coefficient (Wildman–Crippen LogP) is 3.71. The maximum atomic E-state index is 3.68. The van der Waals surface area contributed by atoms with Crippen LogP contribution >= 0.6 is 15.9 Å². The van der Waals surface area contributed by atoms with Crippen molar-refractivity contribution in [2.45, 2.75) is 33.4 Å². The standard InChI is InChI=1S/C14H19BrN2/c1-10(2)16-8-9-17-11(3)14(15)12-6-4-5-7-13(12)17/h4-7,10,16H,8-9H2,1-3H3. The molecule has 0 fully saturated rings. The van der Waals surface area contributed by atoms with Crippen LogP contribution in [-0.2, 0) is 6.54 Å². The van der Waals surface area contributed by atoms with Crippen LogP contribution in [0.25, 0.3) is 10.9 Å². The average Bonchev–Trinajstić information content (AvgIpc) is 2.54. The van der Waals surface area contributed by atoms with Gasteiger partial charge in [0.05, 0.1) is 0 Å². The number of halogens is 1. The Hall–Kier alpha value is -0.800. The molecular formula is C14H19BrN2. The Balaban J connectivity index is 2.30. The highest BCUT2D eigenvalue weighted by molar-refractivity contribution is 9.10. The minimum atomic E-state index is 0.542. The van der Waals surface area contributed by atoms with Crippen LogP contribution in [0.4, 0.5) is 0 Å². The van der Waals surface area contributed by atoms with Crippen LogP contribution in [0.3, 0.4) is 0 Å². The number of hydrogen-bond donors (Lipinski definition) is 1. The first-order chi connectivity index (χ1) is 8.11. The smallest absolute Gasteiger partial charge is 0.0494 e. The van der Waals surface area contributed by atoms with E-state index in [1.54, 1.807) is 0 Å². The molecule has 1 aromatic heterocycles. The number of aromatic nitrogens is 1. The van der Waals surface area contributed by atoms with Crippen molar-refractivity contribution in [1.82, 2.24) is 9.88 Å². The lowest BCUT2D eigenvalue weighted by atomic mass is 10.2. The van der Waals surface area contributed by atoms with Gasteiger partial charge in [-0.2, -0.15) is 0 Å². The van der Waals surface area contributed by atoms with Gasteiger partial charge in [0.25, 0.3) is 0 Å². The average molecular weight is 295 g/mol. The Morgan fingerprint density at radius 3 is 2.71 bits per heavy atom. The summed E-state index contributed by atoms with van der Waals surface area (Å²) < 4.78 is 3.59. The molecule has 0 spiro atoms. The molecule has 0 amide bonds. The van der Waals surface area contributed by atoms with Gasteiger partial charge in [0.1, 0.15) is 0 Å². The minimum Gasteiger partial charge on any atom is -0.342 e. The van der Waals surface area contributed by atoms with Gasteiger partial charge in [-0.3, -0.25) is 0 Å². The van der Waals surface area contributed by atoms with E-state index in [9.17, 15) is 0 Å². The molecule has 1 aromatic carbocycles. The summed E-state index contributed by atoms with van der Waals surface area (Å²) in [7, 11) is 0. The van der Waals surface area contributed by atoms with Crippen molar-refractivity contribution in [1.29, 1.82) is 0 Å². The van der Waals surface area contributed by atoms with Gasteiger partial charge in [-0.25, -0.2) is 0 Å². The first kappa shape index (κ1) is 12.7. The topological polar surface area (TPSA) is 17.0 Å². The number of nitrogens with one attached hydrogen (secondary N) is 1. The van der Waals surface area contributed by atoms with E-state index < -0.39 is 0 Å². The fourth-order valence-corrected chi connectivity index (χ4v) is 2.69. The van der Waals surface area contributed by atoms with Crippen molar-refractivity contribution in [2.75, 3.05) is 6.54 Å². The highest BCUT2D eigenvalue weighted by Crippen LogP contribution is 2.30. The largest absolute Gasteiger partial charge is 0.342 e. The second-order valence-electron chi connectivity index (χ2n) is 4.68. The SMILES string of the molecule is Cc1c(Br)c2ccccc2n1CCNC(C)C. The third-order valence-electron chi connectivity index (χ3n) is 3.04. The molecule has 0 saturated carbocycles. The van der Waals surface area contributed by atoms with Gasteiger partial charge in [-0.1, -0.05) is 32.0 Å². The lowest BCUT2D eigenvalue weighted by molar-refractivity contribution is 0.543. The van der Waals surface area contributed by atoms with Gasteiger partial charge < -0.3 is 9.88 Å². The van der Waals surface area contributed by atoms with E-state index in [1.807, 2.05) is 0 Å². The molecule has 1 heterocycles. The third kappa shape index (κ3) is 2.55. The van der Waals surface area contributed by atoms with Gasteiger partial charge in [-0.15, -0.1) is 0 Å². The van der Waals surface area contributed by atoms with Gasteiger partial charge >= 0.3 is 0 Å². The Bertz CT molecular complexity index is 514. The second-order valence-corrected chi connectivity index (χ2v) is 5.47. The Morgan fingerprint density at radius 1 is 1.29 bits per heavy atom. The summed E-state index contributed by atoms with van der Waals surface area (Å²) in [5, 5.41) is 4.76. The van der Waals surface area contributed by atoms with Crippen molar-refractivity contribution in [3.05, 3.63) is 34.4 Å². The summed E-state index contributed by atoms with van der Waals surface area (Å²) in [6.45, 7) is 8.53. The summed E-state index contributed by atoms with van der Waals surface area (Å²) in [6, 6.07) is 9.08. The van der Waals surface area contributed by atoms with Gasteiger partial charge in [0, 0.05) is 40.2 Å². The van der Waals surface area contributed by atoms with Crippen molar-refractivity contribution >= 4 is 26.8 Å². The molecule has 0 aliphatic rings. The number of rotatable bonds is 4. The molecule has 0 unspecified atom stereocenters. The molecule has 3 heteroatoms. The number of fused-ring (bicyclic) bond motifs is 1. The number of nitrogens with zero attached hydrogens (tertiary/aromatic N) is 1. The van der Waals surface area contributed by atoms with Crippen molar-refractivity contribution in [3.8, 4) is 0 Å². The Kier molecular flexibility index (Phi) is 3.89.